The van der Waals surface area contributed by atoms with E-state index in [1.165, 1.54) is 17.5 Å². The van der Waals surface area contributed by atoms with E-state index < -0.39 is 11.9 Å². The number of amides is 3. The van der Waals surface area contributed by atoms with Gasteiger partial charge in [-0.1, -0.05) is 48.5 Å². The Kier molecular flexibility index (Phi) is 10.1. The fourth-order valence-electron chi connectivity index (χ4n) is 2.44. The normalized spacial score (nSPS) is 10.6. The molecule has 3 amide bonds. The Bertz CT molecular complexity index is 713. The lowest BCUT2D eigenvalue weighted by atomic mass is 10.2. The van der Waals surface area contributed by atoms with E-state index in [-0.39, 0.29) is 0 Å². The lowest BCUT2D eigenvalue weighted by Crippen LogP contribution is -2.36. The molecule has 0 spiro atoms. The van der Waals surface area contributed by atoms with E-state index in [1.54, 1.807) is 24.3 Å². The van der Waals surface area contributed by atoms with Gasteiger partial charge in [-0.15, -0.1) is 0 Å². The van der Waals surface area contributed by atoms with Gasteiger partial charge in [0.05, 0.1) is 6.61 Å². The molecule has 2 aromatic rings. The van der Waals surface area contributed by atoms with Crippen LogP contribution in [0.4, 0.5) is 4.79 Å². The van der Waals surface area contributed by atoms with Gasteiger partial charge >= 0.3 is 6.03 Å². The van der Waals surface area contributed by atoms with Gasteiger partial charge in [-0.05, 0) is 43.1 Å². The van der Waals surface area contributed by atoms with Gasteiger partial charge in [0, 0.05) is 31.0 Å². The first kappa shape index (κ1) is 21.9. The minimum atomic E-state index is -0.512. The fourth-order valence-corrected chi connectivity index (χ4v) is 2.98. The maximum Gasteiger partial charge on any atom is 0.331 e. The van der Waals surface area contributed by atoms with E-state index in [2.05, 4.69) is 34.1 Å². The number of urea groups is 1. The van der Waals surface area contributed by atoms with Gasteiger partial charge in [-0.25, -0.2) is 4.79 Å². The smallest absolute Gasteiger partial charge is 0.331 e. The summed E-state index contributed by atoms with van der Waals surface area (Å²) in [7, 11) is 2.07. The van der Waals surface area contributed by atoms with Crippen molar-refractivity contribution in [2.75, 3.05) is 32.6 Å². The SMILES string of the molecule is CN(CCOCCCSNC(=O)NC(=O)c1ccccc1)Cc1ccccc1. The molecule has 0 unspecified atom stereocenters. The van der Waals surface area contributed by atoms with Crippen LogP contribution in [0, 0.1) is 0 Å². The Hall–Kier alpha value is -2.35. The van der Waals surface area contributed by atoms with Gasteiger partial charge in [0.1, 0.15) is 0 Å². The molecule has 0 aliphatic carbocycles. The molecule has 0 aliphatic rings. The van der Waals surface area contributed by atoms with Crippen LogP contribution in [0.2, 0.25) is 0 Å². The number of hydrogen-bond acceptors (Lipinski definition) is 5. The highest BCUT2D eigenvalue weighted by Gasteiger charge is 2.09. The molecule has 0 bridgehead atoms. The number of nitrogens with zero attached hydrogens (tertiary/aromatic N) is 1. The summed E-state index contributed by atoms with van der Waals surface area (Å²) in [5.74, 6) is 0.300. The number of carbonyl (C=O) groups is 2. The lowest BCUT2D eigenvalue weighted by molar-refractivity contribution is 0.0965. The van der Waals surface area contributed by atoms with Crippen molar-refractivity contribution in [3.8, 4) is 0 Å². The molecule has 150 valence electrons. The van der Waals surface area contributed by atoms with Crippen molar-refractivity contribution in [2.24, 2.45) is 0 Å². The van der Waals surface area contributed by atoms with Crippen molar-refractivity contribution in [1.29, 1.82) is 0 Å². The summed E-state index contributed by atoms with van der Waals surface area (Å²) in [6.07, 6.45) is 0.819. The minimum Gasteiger partial charge on any atom is -0.380 e. The third-order valence-electron chi connectivity index (χ3n) is 3.88. The summed E-state index contributed by atoms with van der Waals surface area (Å²) in [6.45, 7) is 3.08. The lowest BCUT2D eigenvalue weighted by Gasteiger charge is -2.16. The molecule has 0 saturated heterocycles. The number of hydrogen-bond donors (Lipinski definition) is 2. The maximum absolute atomic E-state index is 11.8. The second kappa shape index (κ2) is 12.9. The van der Waals surface area contributed by atoms with Crippen LogP contribution in [-0.2, 0) is 11.3 Å². The molecule has 2 rings (SSSR count). The largest absolute Gasteiger partial charge is 0.380 e. The van der Waals surface area contributed by atoms with Crippen molar-refractivity contribution in [3.05, 3.63) is 71.8 Å². The van der Waals surface area contributed by atoms with Crippen molar-refractivity contribution in [2.45, 2.75) is 13.0 Å². The molecule has 28 heavy (non-hydrogen) atoms. The first-order chi connectivity index (χ1) is 13.6. The number of ether oxygens (including phenoxy) is 1. The molecule has 0 fully saturated rings. The van der Waals surface area contributed by atoms with Crippen LogP contribution in [0.3, 0.4) is 0 Å². The van der Waals surface area contributed by atoms with E-state index in [9.17, 15) is 9.59 Å². The molecule has 7 heteroatoms. The summed E-state index contributed by atoms with van der Waals surface area (Å²) < 4.78 is 8.24. The number of rotatable bonds is 11. The molecule has 2 N–H and O–H groups in total. The molecular formula is C21H27N3O3S. The Labute approximate surface area is 170 Å². The Morgan fingerprint density at radius 3 is 2.39 bits per heavy atom. The van der Waals surface area contributed by atoms with E-state index in [1.807, 2.05) is 24.3 Å². The van der Waals surface area contributed by atoms with Crippen LogP contribution < -0.4 is 10.0 Å². The third kappa shape index (κ3) is 9.03. The first-order valence-electron chi connectivity index (χ1n) is 9.23. The Balaban J connectivity index is 1.45. The van der Waals surface area contributed by atoms with Crippen molar-refractivity contribution in [3.63, 3.8) is 0 Å². The summed E-state index contributed by atoms with van der Waals surface area (Å²) in [5, 5.41) is 2.29. The van der Waals surface area contributed by atoms with Crippen LogP contribution in [0.5, 0.6) is 0 Å². The Morgan fingerprint density at radius 1 is 1.00 bits per heavy atom. The van der Waals surface area contributed by atoms with Gasteiger partial charge < -0.3 is 4.74 Å². The second-order valence-electron chi connectivity index (χ2n) is 6.29. The number of likely N-dealkylation sites (N-methyl/N-ethyl adjacent to an activating group) is 1. The summed E-state index contributed by atoms with van der Waals surface area (Å²) in [5.41, 5.74) is 1.74. The highest BCUT2D eigenvalue weighted by Crippen LogP contribution is 2.03. The number of nitrogens with one attached hydrogen (secondary N) is 2. The zero-order chi connectivity index (χ0) is 20.0. The van der Waals surface area contributed by atoms with Crippen LogP contribution in [0.1, 0.15) is 22.3 Å². The number of benzene rings is 2. The topological polar surface area (TPSA) is 70.7 Å². The van der Waals surface area contributed by atoms with E-state index in [4.69, 9.17) is 4.74 Å². The fraction of sp³-hybridized carbons (Fsp3) is 0.333. The van der Waals surface area contributed by atoms with Crippen LogP contribution in [0.25, 0.3) is 0 Å². The third-order valence-corrected chi connectivity index (χ3v) is 4.70. The quantitative estimate of drug-likeness (QED) is 0.447. The van der Waals surface area contributed by atoms with Gasteiger partial charge in [0.15, 0.2) is 0 Å². The van der Waals surface area contributed by atoms with Crippen LogP contribution in [0.15, 0.2) is 60.7 Å². The maximum atomic E-state index is 11.8. The highest BCUT2D eigenvalue weighted by molar-refractivity contribution is 7.97. The molecule has 0 heterocycles. The van der Waals surface area contributed by atoms with E-state index in [0.717, 1.165) is 19.5 Å². The predicted molar refractivity (Wildman–Crippen MR) is 113 cm³/mol. The second-order valence-corrected chi connectivity index (χ2v) is 7.19. The minimum absolute atomic E-state index is 0.415. The van der Waals surface area contributed by atoms with Crippen molar-refractivity contribution in [1.82, 2.24) is 14.9 Å². The molecule has 0 saturated carbocycles. The first-order valence-corrected chi connectivity index (χ1v) is 10.2. The zero-order valence-electron chi connectivity index (χ0n) is 16.1. The van der Waals surface area contributed by atoms with E-state index in [0.29, 0.717) is 24.5 Å². The van der Waals surface area contributed by atoms with Crippen molar-refractivity contribution < 1.29 is 14.3 Å². The molecule has 6 nitrogen and oxygen atoms in total. The van der Waals surface area contributed by atoms with Gasteiger partial charge in [0.25, 0.3) is 5.91 Å². The van der Waals surface area contributed by atoms with Gasteiger partial charge in [-0.3, -0.25) is 19.7 Å². The molecular weight excluding hydrogens is 374 g/mol. The molecule has 2 aromatic carbocycles. The molecule has 0 aliphatic heterocycles. The van der Waals surface area contributed by atoms with Gasteiger partial charge in [-0.2, -0.15) is 0 Å². The summed E-state index contributed by atoms with van der Waals surface area (Å²) in [6, 6.07) is 18.5. The Morgan fingerprint density at radius 2 is 1.68 bits per heavy atom. The van der Waals surface area contributed by atoms with Crippen LogP contribution >= 0.6 is 11.9 Å². The zero-order valence-corrected chi connectivity index (χ0v) is 16.9. The average Bonchev–Trinajstić information content (AvgIpc) is 2.71. The highest BCUT2D eigenvalue weighted by atomic mass is 32.2. The summed E-state index contributed by atoms with van der Waals surface area (Å²) in [4.78, 5) is 25.7. The standard InChI is InChI=1S/C21H27N3O3S/c1-24(17-18-9-4-2-5-10-18)13-15-27-14-8-16-28-23-21(26)22-20(25)19-11-6-3-7-12-19/h2-7,9-12H,8,13-17H2,1H3,(H2,22,23,25,26). The van der Waals surface area contributed by atoms with Gasteiger partial charge in [0.2, 0.25) is 0 Å². The molecule has 0 aromatic heterocycles. The predicted octanol–water partition coefficient (Wildman–Crippen LogP) is 3.31. The summed E-state index contributed by atoms with van der Waals surface area (Å²) >= 11 is 1.26. The molecule has 0 atom stereocenters. The van der Waals surface area contributed by atoms with Crippen molar-refractivity contribution >= 4 is 23.9 Å². The molecule has 0 radical (unpaired) electrons. The van der Waals surface area contributed by atoms with E-state index >= 15 is 0 Å². The van der Waals surface area contributed by atoms with Crippen LogP contribution in [-0.4, -0.2) is 49.4 Å². The number of imide groups is 1. The average molecular weight is 402 g/mol. The monoisotopic (exact) mass is 401 g/mol. The number of carbonyl (C=O) groups excluding carboxylic acids is 2.